The van der Waals surface area contributed by atoms with Crippen molar-refractivity contribution in [3.05, 3.63) is 78.4 Å². The van der Waals surface area contributed by atoms with E-state index in [1.54, 1.807) is 30.4 Å². The number of halogens is 1. The molecule has 0 saturated carbocycles. The second-order valence-electron chi connectivity index (χ2n) is 10.5. The van der Waals surface area contributed by atoms with Gasteiger partial charge in [0.25, 0.3) is 0 Å². The lowest BCUT2D eigenvalue weighted by Crippen LogP contribution is -2.42. The molecule has 0 aromatic heterocycles. The molecule has 5 heteroatoms. The fourth-order valence-electron chi connectivity index (χ4n) is 4.53. The maximum atomic E-state index is 13.0. The van der Waals surface area contributed by atoms with Gasteiger partial charge in [-0.15, -0.1) is 0 Å². The van der Waals surface area contributed by atoms with Crippen LogP contribution in [0, 0.1) is 11.8 Å². The number of unbranched alkanes of at least 4 members (excludes halogenated alkanes) is 6. The average molecular weight is 537 g/mol. The number of alkyl halides is 1. The number of benzene rings is 2. The minimum Gasteiger partial charge on any atom is -0.438 e. The minimum atomic E-state index is -1.60. The Hall–Kier alpha value is -2.85. The van der Waals surface area contributed by atoms with E-state index in [2.05, 4.69) is 31.2 Å². The van der Waals surface area contributed by atoms with Crippen LogP contribution in [0.4, 0.5) is 0 Å². The van der Waals surface area contributed by atoms with Crippen LogP contribution in [0.3, 0.4) is 0 Å². The summed E-state index contributed by atoms with van der Waals surface area (Å²) < 4.78 is 11.1. The van der Waals surface area contributed by atoms with Crippen LogP contribution in [-0.2, 0) is 20.7 Å². The van der Waals surface area contributed by atoms with Crippen LogP contribution in [0.1, 0.15) is 77.7 Å². The lowest BCUT2D eigenvalue weighted by Gasteiger charge is -2.31. The molecule has 38 heavy (non-hydrogen) atoms. The van der Waals surface area contributed by atoms with Gasteiger partial charge in [0, 0.05) is 6.42 Å². The molecule has 2 atom stereocenters. The molecule has 0 heterocycles. The molecule has 0 N–H and O–H groups in total. The number of carbonyl (C=O) groups is 2. The van der Waals surface area contributed by atoms with E-state index in [1.165, 1.54) is 56.6 Å². The van der Waals surface area contributed by atoms with Crippen molar-refractivity contribution in [2.75, 3.05) is 0 Å². The fraction of sp³-hybridized carbons (Fsp3) is 0.455. The van der Waals surface area contributed by atoms with Gasteiger partial charge >= 0.3 is 11.9 Å². The molecule has 0 radical (unpaired) electrons. The summed E-state index contributed by atoms with van der Waals surface area (Å²) in [4.78, 5) is 25.2. The van der Waals surface area contributed by atoms with Crippen LogP contribution in [0.5, 0.6) is 5.75 Å². The third-order valence-electron chi connectivity index (χ3n) is 6.69. The maximum Gasteiger partial charge on any atom is 0.324 e. The van der Waals surface area contributed by atoms with Gasteiger partial charge in [-0.25, -0.2) is 0 Å². The summed E-state index contributed by atoms with van der Waals surface area (Å²) in [5, 5.41) is -1.60. The number of hydrogen-bond donors (Lipinski definition) is 0. The summed E-state index contributed by atoms with van der Waals surface area (Å²) >= 11 is 6.58. The number of allylic oxidation sites excluding steroid dienone is 2. The van der Waals surface area contributed by atoms with Crippen molar-refractivity contribution in [3.63, 3.8) is 0 Å². The molecule has 3 rings (SSSR count). The third kappa shape index (κ3) is 9.16. The average Bonchev–Trinajstić information content (AvgIpc) is 2.88. The minimum absolute atomic E-state index is 0.121. The second-order valence-corrected chi connectivity index (χ2v) is 11.1. The summed E-state index contributed by atoms with van der Waals surface area (Å²) in [5.41, 5.74) is 3.52. The van der Waals surface area contributed by atoms with Crippen molar-refractivity contribution < 1.29 is 19.1 Å². The van der Waals surface area contributed by atoms with Gasteiger partial charge < -0.3 is 9.47 Å². The van der Waals surface area contributed by atoms with Gasteiger partial charge in [0.1, 0.15) is 11.7 Å². The highest BCUT2D eigenvalue weighted by Gasteiger charge is 2.44. The van der Waals surface area contributed by atoms with Crippen molar-refractivity contribution in [2.24, 2.45) is 11.8 Å². The molecule has 0 aliphatic heterocycles. The Kier molecular flexibility index (Phi) is 11.7. The van der Waals surface area contributed by atoms with Crippen LogP contribution in [0.2, 0.25) is 0 Å². The van der Waals surface area contributed by atoms with Crippen LogP contribution in [0.25, 0.3) is 11.1 Å². The molecule has 2 unspecified atom stereocenters. The van der Waals surface area contributed by atoms with E-state index >= 15 is 0 Å². The van der Waals surface area contributed by atoms with Gasteiger partial charge in [-0.1, -0.05) is 126 Å². The number of aryl methyl sites for hydroxylation is 1. The number of carbonyl (C=O) groups excluding carboxylic acids is 2. The summed E-state index contributed by atoms with van der Waals surface area (Å²) in [6.07, 6.45) is 17.0. The first kappa shape index (κ1) is 29.7. The van der Waals surface area contributed by atoms with Gasteiger partial charge in [0.05, 0.1) is 0 Å². The number of esters is 2. The van der Waals surface area contributed by atoms with Gasteiger partial charge in [-0.05, 0) is 53.7 Å². The zero-order valence-corrected chi connectivity index (χ0v) is 23.7. The van der Waals surface area contributed by atoms with E-state index in [0.29, 0.717) is 5.75 Å². The number of rotatable bonds is 14. The largest absolute Gasteiger partial charge is 0.438 e. The third-order valence-corrected chi connectivity index (χ3v) is 7.13. The molecule has 0 bridgehead atoms. The summed E-state index contributed by atoms with van der Waals surface area (Å²) in [6, 6.07) is 16.1. The maximum absolute atomic E-state index is 13.0. The normalized spacial score (nSPS) is 18.5. The monoisotopic (exact) mass is 536 g/mol. The van der Waals surface area contributed by atoms with Gasteiger partial charge in [-0.3, -0.25) is 9.59 Å². The van der Waals surface area contributed by atoms with Crippen LogP contribution < -0.4 is 4.74 Å². The molecule has 0 saturated heterocycles. The van der Waals surface area contributed by atoms with Gasteiger partial charge in [0.2, 0.25) is 5.06 Å². The molecule has 1 aliphatic rings. The lowest BCUT2D eigenvalue weighted by atomic mass is 9.96. The predicted octanol–water partition coefficient (Wildman–Crippen LogP) is 8.82. The predicted molar refractivity (Wildman–Crippen MR) is 155 cm³/mol. The van der Waals surface area contributed by atoms with E-state index in [1.807, 2.05) is 26.0 Å². The van der Waals surface area contributed by atoms with E-state index in [9.17, 15) is 9.59 Å². The topological polar surface area (TPSA) is 52.6 Å². The summed E-state index contributed by atoms with van der Waals surface area (Å²) in [5.74, 6) is -1.46. The van der Waals surface area contributed by atoms with E-state index in [4.69, 9.17) is 21.1 Å². The van der Waals surface area contributed by atoms with Crippen molar-refractivity contribution in [1.29, 1.82) is 0 Å². The first-order chi connectivity index (χ1) is 18.3. The zero-order chi connectivity index (χ0) is 27.4. The molecule has 0 amide bonds. The number of ether oxygens (including phenoxy) is 2. The van der Waals surface area contributed by atoms with E-state index in [0.717, 1.165) is 17.5 Å². The summed E-state index contributed by atoms with van der Waals surface area (Å²) in [7, 11) is 0. The highest BCUT2D eigenvalue weighted by Crippen LogP contribution is 2.35. The Bertz CT molecular complexity index is 1080. The van der Waals surface area contributed by atoms with Crippen molar-refractivity contribution in [3.8, 4) is 16.9 Å². The zero-order valence-electron chi connectivity index (χ0n) is 23.0. The van der Waals surface area contributed by atoms with Crippen LogP contribution in [-0.4, -0.2) is 17.0 Å². The molecular formula is C33H41ClO4. The van der Waals surface area contributed by atoms with Gasteiger partial charge in [0.15, 0.2) is 0 Å². The Morgan fingerprint density at radius 3 is 2.11 bits per heavy atom. The van der Waals surface area contributed by atoms with E-state index in [-0.39, 0.29) is 12.3 Å². The van der Waals surface area contributed by atoms with Crippen LogP contribution in [0.15, 0.2) is 72.8 Å². The molecular weight excluding hydrogens is 496 g/mol. The van der Waals surface area contributed by atoms with E-state index < -0.39 is 22.9 Å². The SMILES string of the molecule is CCCCCCCCCc1ccc(-c2ccc(OC(=O)C3C=CC=CC3(Cl)OC(=O)CC(C)C)cc2)cc1. The second kappa shape index (κ2) is 14.9. The molecule has 204 valence electrons. The van der Waals surface area contributed by atoms with Gasteiger partial charge in [-0.2, -0.15) is 0 Å². The number of hydrogen-bond acceptors (Lipinski definition) is 4. The lowest BCUT2D eigenvalue weighted by molar-refractivity contribution is -0.156. The molecule has 2 aromatic carbocycles. The molecule has 0 spiro atoms. The Labute approximate surface area is 233 Å². The van der Waals surface area contributed by atoms with Crippen molar-refractivity contribution in [1.82, 2.24) is 0 Å². The standard InChI is InChI=1S/C33H41ClO4/c1-4-5-6-7-8-9-10-13-26-15-17-27(18-16-26)28-19-21-29(22-20-28)37-32(36)30-14-11-12-23-33(30,34)38-31(35)24-25(2)3/h11-12,14-23,25,30H,4-10,13,24H2,1-3H3. The van der Waals surface area contributed by atoms with Crippen molar-refractivity contribution >= 4 is 23.5 Å². The highest BCUT2D eigenvalue weighted by atomic mass is 35.5. The Morgan fingerprint density at radius 2 is 1.47 bits per heavy atom. The van der Waals surface area contributed by atoms with Crippen LogP contribution >= 0.6 is 11.6 Å². The molecule has 2 aromatic rings. The Balaban J connectivity index is 1.53. The fourth-order valence-corrected chi connectivity index (χ4v) is 4.85. The quantitative estimate of drug-likeness (QED) is 0.105. The highest BCUT2D eigenvalue weighted by molar-refractivity contribution is 6.26. The Morgan fingerprint density at radius 1 is 0.868 bits per heavy atom. The smallest absolute Gasteiger partial charge is 0.324 e. The first-order valence-corrected chi connectivity index (χ1v) is 14.4. The summed E-state index contributed by atoms with van der Waals surface area (Å²) in [6.45, 7) is 6.08. The molecule has 4 nitrogen and oxygen atoms in total. The first-order valence-electron chi connectivity index (χ1n) is 14.0. The van der Waals surface area contributed by atoms with Crippen molar-refractivity contribution in [2.45, 2.75) is 83.6 Å². The molecule has 1 aliphatic carbocycles. The molecule has 0 fully saturated rings.